The van der Waals surface area contributed by atoms with Crippen molar-refractivity contribution < 1.29 is 9.59 Å². The molecule has 0 spiro atoms. The minimum Gasteiger partial charge on any atom is -0.337 e. The molecule has 4 nitrogen and oxygen atoms in total. The maximum atomic E-state index is 12.8. The van der Waals surface area contributed by atoms with Crippen LogP contribution < -0.4 is 5.32 Å². The molecule has 0 aromatic heterocycles. The number of nitrogens with zero attached hydrogens (tertiary/aromatic N) is 1. The smallest absolute Gasteiger partial charge is 0.270 e. The first-order valence-electron chi connectivity index (χ1n) is 8.82. The highest BCUT2D eigenvalue weighted by Crippen LogP contribution is 2.13. The molecule has 0 bridgehead atoms. The molecular weight excluding hydrogens is 324 g/mol. The number of carbonyl (C=O) groups excluding carboxylic acids is 2. The lowest BCUT2D eigenvalue weighted by atomic mass is 10.1. The molecule has 2 aromatic rings. The van der Waals surface area contributed by atoms with Crippen LogP contribution in [-0.2, 0) is 9.59 Å². The monoisotopic (exact) mass is 346 g/mol. The van der Waals surface area contributed by atoms with E-state index >= 15 is 0 Å². The lowest BCUT2D eigenvalue weighted by Gasteiger charge is -2.17. The van der Waals surface area contributed by atoms with Gasteiger partial charge in [-0.3, -0.25) is 9.59 Å². The molecule has 0 radical (unpaired) electrons. The van der Waals surface area contributed by atoms with Crippen LogP contribution in [0.1, 0.15) is 24.0 Å². The summed E-state index contributed by atoms with van der Waals surface area (Å²) in [7, 11) is 0. The van der Waals surface area contributed by atoms with Crippen molar-refractivity contribution in [3.8, 4) is 0 Å². The van der Waals surface area contributed by atoms with Gasteiger partial charge in [-0.1, -0.05) is 60.7 Å². The molecule has 1 saturated heterocycles. The molecule has 1 aliphatic heterocycles. The third-order valence-electron chi connectivity index (χ3n) is 4.22. The van der Waals surface area contributed by atoms with Crippen molar-refractivity contribution in [2.24, 2.45) is 0 Å². The van der Waals surface area contributed by atoms with Crippen LogP contribution in [0.4, 0.5) is 0 Å². The summed E-state index contributed by atoms with van der Waals surface area (Å²) >= 11 is 0. The minimum absolute atomic E-state index is 0.132. The molecular formula is C22H22N2O2. The van der Waals surface area contributed by atoms with Crippen molar-refractivity contribution in [3.63, 3.8) is 0 Å². The van der Waals surface area contributed by atoms with Crippen molar-refractivity contribution >= 4 is 24.0 Å². The van der Waals surface area contributed by atoms with Crippen molar-refractivity contribution in [1.82, 2.24) is 10.2 Å². The van der Waals surface area contributed by atoms with E-state index in [1.165, 1.54) is 6.08 Å². The van der Waals surface area contributed by atoms with Gasteiger partial charge in [0.15, 0.2) is 0 Å². The van der Waals surface area contributed by atoms with E-state index in [4.69, 9.17) is 0 Å². The van der Waals surface area contributed by atoms with E-state index in [0.29, 0.717) is 5.70 Å². The topological polar surface area (TPSA) is 49.4 Å². The maximum absolute atomic E-state index is 12.8. The molecule has 2 aromatic carbocycles. The number of benzene rings is 2. The summed E-state index contributed by atoms with van der Waals surface area (Å²) in [5.41, 5.74) is 2.12. The number of likely N-dealkylation sites (tertiary alicyclic amines) is 1. The zero-order chi connectivity index (χ0) is 18.2. The molecule has 132 valence electrons. The van der Waals surface area contributed by atoms with Gasteiger partial charge in [0, 0.05) is 19.2 Å². The Kier molecular flexibility index (Phi) is 5.99. The Morgan fingerprint density at radius 2 is 1.42 bits per heavy atom. The molecule has 1 fully saturated rings. The number of rotatable bonds is 5. The zero-order valence-electron chi connectivity index (χ0n) is 14.6. The Labute approximate surface area is 153 Å². The van der Waals surface area contributed by atoms with E-state index in [1.54, 1.807) is 17.1 Å². The van der Waals surface area contributed by atoms with Gasteiger partial charge < -0.3 is 10.2 Å². The number of amides is 2. The van der Waals surface area contributed by atoms with Crippen molar-refractivity contribution in [3.05, 3.63) is 83.6 Å². The van der Waals surface area contributed by atoms with Gasteiger partial charge in [0.25, 0.3) is 5.91 Å². The summed E-state index contributed by atoms with van der Waals surface area (Å²) in [4.78, 5) is 26.9. The van der Waals surface area contributed by atoms with E-state index in [9.17, 15) is 9.59 Å². The van der Waals surface area contributed by atoms with E-state index < -0.39 is 0 Å². The highest BCUT2D eigenvalue weighted by molar-refractivity contribution is 6.04. The number of hydrogen-bond donors (Lipinski definition) is 1. The molecule has 26 heavy (non-hydrogen) atoms. The number of nitrogens with one attached hydrogen (secondary N) is 1. The van der Waals surface area contributed by atoms with Crippen LogP contribution in [0.25, 0.3) is 12.2 Å². The van der Waals surface area contributed by atoms with E-state index in [-0.39, 0.29) is 11.8 Å². The highest BCUT2D eigenvalue weighted by atomic mass is 16.2. The van der Waals surface area contributed by atoms with Gasteiger partial charge in [-0.05, 0) is 36.1 Å². The molecule has 0 unspecified atom stereocenters. The molecule has 2 amide bonds. The van der Waals surface area contributed by atoms with E-state index in [0.717, 1.165) is 37.1 Å². The molecule has 0 aliphatic carbocycles. The maximum Gasteiger partial charge on any atom is 0.270 e. The van der Waals surface area contributed by atoms with Gasteiger partial charge >= 0.3 is 0 Å². The van der Waals surface area contributed by atoms with Crippen LogP contribution in [-0.4, -0.2) is 29.8 Å². The summed E-state index contributed by atoms with van der Waals surface area (Å²) in [6.45, 7) is 1.47. The third-order valence-corrected chi connectivity index (χ3v) is 4.22. The van der Waals surface area contributed by atoms with Crippen molar-refractivity contribution in [1.29, 1.82) is 0 Å². The summed E-state index contributed by atoms with van der Waals surface area (Å²) in [5, 5.41) is 2.76. The van der Waals surface area contributed by atoms with Gasteiger partial charge in [0.2, 0.25) is 5.91 Å². The van der Waals surface area contributed by atoms with Crippen LogP contribution in [0, 0.1) is 0 Å². The lowest BCUT2D eigenvalue weighted by Crippen LogP contribution is -2.36. The molecule has 0 saturated carbocycles. The molecule has 0 atom stereocenters. The van der Waals surface area contributed by atoms with Crippen LogP contribution in [0.2, 0.25) is 0 Å². The van der Waals surface area contributed by atoms with Crippen molar-refractivity contribution in [2.45, 2.75) is 12.8 Å². The molecule has 1 N–H and O–H groups in total. The fraction of sp³-hybridized carbons (Fsp3) is 0.182. The average molecular weight is 346 g/mol. The van der Waals surface area contributed by atoms with Crippen LogP contribution in [0.3, 0.4) is 0 Å². The standard InChI is InChI=1S/C22H22N2O2/c25-21(14-13-18-9-3-1-4-10-18)23-20(17-19-11-5-2-6-12-19)22(26)24-15-7-8-16-24/h1-6,9-14,17H,7-8,15-16H2,(H,23,25)/b14-13?,20-17-. The second-order valence-electron chi connectivity index (χ2n) is 6.20. The average Bonchev–Trinajstić information content (AvgIpc) is 3.22. The fourth-order valence-corrected chi connectivity index (χ4v) is 2.87. The first-order valence-corrected chi connectivity index (χ1v) is 8.82. The van der Waals surface area contributed by atoms with Crippen LogP contribution in [0.15, 0.2) is 72.4 Å². The molecule has 1 aliphatic rings. The lowest BCUT2D eigenvalue weighted by molar-refractivity contribution is -0.128. The van der Waals surface area contributed by atoms with Gasteiger partial charge in [-0.15, -0.1) is 0 Å². The van der Waals surface area contributed by atoms with Gasteiger partial charge in [0.1, 0.15) is 5.70 Å². The summed E-state index contributed by atoms with van der Waals surface area (Å²) in [6, 6.07) is 19.1. The predicted molar refractivity (Wildman–Crippen MR) is 104 cm³/mol. The molecule has 4 heteroatoms. The Morgan fingerprint density at radius 3 is 2.04 bits per heavy atom. The first kappa shape index (κ1) is 17.7. The Bertz CT molecular complexity index is 805. The van der Waals surface area contributed by atoms with Crippen molar-refractivity contribution in [2.75, 3.05) is 13.1 Å². The van der Waals surface area contributed by atoms with Crippen LogP contribution in [0.5, 0.6) is 0 Å². The Balaban J connectivity index is 1.76. The summed E-state index contributed by atoms with van der Waals surface area (Å²) in [5.74, 6) is -0.448. The number of hydrogen-bond acceptors (Lipinski definition) is 2. The van der Waals surface area contributed by atoms with E-state index in [2.05, 4.69) is 5.32 Å². The summed E-state index contributed by atoms with van der Waals surface area (Å²) in [6.07, 6.45) is 6.93. The Morgan fingerprint density at radius 1 is 0.846 bits per heavy atom. The molecule has 1 heterocycles. The third kappa shape index (κ3) is 4.93. The predicted octanol–water partition coefficient (Wildman–Crippen LogP) is 3.48. The van der Waals surface area contributed by atoms with Gasteiger partial charge in [-0.2, -0.15) is 0 Å². The Hall–Kier alpha value is -3.14. The number of carbonyl (C=O) groups is 2. The zero-order valence-corrected chi connectivity index (χ0v) is 14.6. The SMILES string of the molecule is O=C(C=Cc1ccccc1)N/C(=C\c1ccccc1)C(=O)N1CCCC1. The second-order valence-corrected chi connectivity index (χ2v) is 6.20. The van der Waals surface area contributed by atoms with Crippen LogP contribution >= 0.6 is 0 Å². The fourth-order valence-electron chi connectivity index (χ4n) is 2.87. The molecule has 3 rings (SSSR count). The summed E-state index contributed by atoms with van der Waals surface area (Å²) < 4.78 is 0. The highest BCUT2D eigenvalue weighted by Gasteiger charge is 2.22. The minimum atomic E-state index is -0.316. The second kappa shape index (κ2) is 8.81. The normalized spacial score (nSPS) is 14.6. The first-order chi connectivity index (χ1) is 12.7. The van der Waals surface area contributed by atoms with Gasteiger partial charge in [0.05, 0.1) is 0 Å². The van der Waals surface area contributed by atoms with Gasteiger partial charge in [-0.25, -0.2) is 0 Å². The largest absolute Gasteiger partial charge is 0.337 e. The quantitative estimate of drug-likeness (QED) is 0.843. The van der Waals surface area contributed by atoms with E-state index in [1.807, 2.05) is 60.7 Å².